The van der Waals surface area contributed by atoms with E-state index in [1.54, 1.807) is 0 Å². The Morgan fingerprint density at radius 3 is 2.80 bits per heavy atom. The van der Waals surface area contributed by atoms with Crippen molar-refractivity contribution in [3.05, 3.63) is 23.8 Å². The van der Waals surface area contributed by atoms with Crippen LogP contribution >= 0.6 is 0 Å². The molecule has 1 aliphatic heterocycles. The van der Waals surface area contributed by atoms with E-state index in [9.17, 15) is 0 Å². The molecular formula is C13H17N5O2. The van der Waals surface area contributed by atoms with Gasteiger partial charge in [0.15, 0.2) is 17.5 Å². The van der Waals surface area contributed by atoms with E-state index in [1.807, 2.05) is 18.2 Å². The van der Waals surface area contributed by atoms with Crippen molar-refractivity contribution in [3.63, 3.8) is 0 Å². The molecule has 0 radical (unpaired) electrons. The van der Waals surface area contributed by atoms with Crippen LogP contribution in [-0.4, -0.2) is 24.8 Å². The molecule has 5 N–H and O–H groups in total. The van der Waals surface area contributed by atoms with Gasteiger partial charge in [-0.3, -0.25) is 0 Å². The molecule has 7 nitrogen and oxygen atoms in total. The minimum absolute atomic E-state index is 0.00240. The van der Waals surface area contributed by atoms with E-state index in [1.165, 1.54) is 0 Å². The van der Waals surface area contributed by atoms with Crippen LogP contribution in [0.1, 0.15) is 18.4 Å². The fourth-order valence-electron chi connectivity index (χ4n) is 1.85. The van der Waals surface area contributed by atoms with Crippen molar-refractivity contribution in [2.45, 2.75) is 25.4 Å². The molecule has 1 aliphatic carbocycles. The lowest BCUT2D eigenvalue weighted by molar-refractivity contribution is 0.174. The number of guanidine groups is 2. The van der Waals surface area contributed by atoms with Crippen LogP contribution in [0.3, 0.4) is 0 Å². The number of nitrogens with one attached hydrogen (secondary N) is 1. The maximum atomic E-state index is 5.40. The number of nitrogens with two attached hydrogens (primary N) is 2. The van der Waals surface area contributed by atoms with Gasteiger partial charge in [-0.15, -0.1) is 0 Å². The average molecular weight is 275 g/mol. The van der Waals surface area contributed by atoms with Crippen molar-refractivity contribution in [1.82, 2.24) is 5.32 Å². The smallest absolute Gasteiger partial charge is 0.231 e. The van der Waals surface area contributed by atoms with E-state index in [2.05, 4.69) is 15.3 Å². The SMILES string of the molecule is NC(N)=NC(=NCc1ccc2c(c1)OCO2)NC1CC1. The minimum atomic E-state index is 0.00240. The molecule has 0 spiro atoms. The van der Waals surface area contributed by atoms with Gasteiger partial charge in [0.25, 0.3) is 0 Å². The molecular weight excluding hydrogens is 258 g/mol. The molecule has 1 fully saturated rings. The number of ether oxygens (including phenoxy) is 2. The number of hydrogen-bond donors (Lipinski definition) is 3. The summed E-state index contributed by atoms with van der Waals surface area (Å²) in [5.74, 6) is 1.99. The largest absolute Gasteiger partial charge is 0.454 e. The molecule has 2 aliphatic rings. The fraction of sp³-hybridized carbons (Fsp3) is 0.385. The third-order valence-corrected chi connectivity index (χ3v) is 2.99. The van der Waals surface area contributed by atoms with E-state index >= 15 is 0 Å². The number of rotatable bonds is 3. The van der Waals surface area contributed by atoms with Crippen LogP contribution in [0.5, 0.6) is 11.5 Å². The van der Waals surface area contributed by atoms with Gasteiger partial charge in [0, 0.05) is 6.04 Å². The number of fused-ring (bicyclic) bond motifs is 1. The molecule has 1 heterocycles. The normalized spacial score (nSPS) is 16.9. The Hall–Kier alpha value is -2.44. The summed E-state index contributed by atoms with van der Waals surface area (Å²) in [6.07, 6.45) is 2.26. The van der Waals surface area contributed by atoms with Crippen LogP contribution in [0.4, 0.5) is 0 Å². The summed E-state index contributed by atoms with van der Waals surface area (Å²) in [6, 6.07) is 6.17. The van der Waals surface area contributed by atoms with Gasteiger partial charge < -0.3 is 26.3 Å². The Morgan fingerprint density at radius 1 is 1.25 bits per heavy atom. The fourth-order valence-corrected chi connectivity index (χ4v) is 1.85. The Labute approximate surface area is 116 Å². The summed E-state index contributed by atoms with van der Waals surface area (Å²) in [4.78, 5) is 8.40. The summed E-state index contributed by atoms with van der Waals surface area (Å²) in [5.41, 5.74) is 11.8. The highest BCUT2D eigenvalue weighted by atomic mass is 16.7. The Kier molecular flexibility index (Phi) is 3.32. The summed E-state index contributed by atoms with van der Waals surface area (Å²) >= 11 is 0. The lowest BCUT2D eigenvalue weighted by Crippen LogP contribution is -2.30. The molecule has 1 aromatic rings. The molecule has 0 amide bonds. The van der Waals surface area contributed by atoms with Crippen LogP contribution < -0.4 is 26.3 Å². The molecule has 0 bridgehead atoms. The zero-order valence-electron chi connectivity index (χ0n) is 11.0. The first-order valence-electron chi connectivity index (χ1n) is 6.50. The second-order valence-electron chi connectivity index (χ2n) is 4.78. The van der Waals surface area contributed by atoms with E-state index in [-0.39, 0.29) is 12.8 Å². The number of benzene rings is 1. The molecule has 0 aromatic heterocycles. The zero-order valence-corrected chi connectivity index (χ0v) is 11.0. The number of aliphatic imine (C=N–C) groups is 2. The Balaban J connectivity index is 1.71. The van der Waals surface area contributed by atoms with Gasteiger partial charge in [0.05, 0.1) is 6.54 Å². The van der Waals surface area contributed by atoms with Crippen molar-refractivity contribution in [2.75, 3.05) is 6.79 Å². The van der Waals surface area contributed by atoms with Crippen molar-refractivity contribution in [1.29, 1.82) is 0 Å². The maximum absolute atomic E-state index is 5.40. The van der Waals surface area contributed by atoms with Gasteiger partial charge in [0.2, 0.25) is 12.8 Å². The summed E-state index contributed by atoms with van der Waals surface area (Å²) in [7, 11) is 0. The van der Waals surface area contributed by atoms with Crippen molar-refractivity contribution in [2.24, 2.45) is 21.5 Å². The molecule has 106 valence electrons. The van der Waals surface area contributed by atoms with Gasteiger partial charge in [-0.05, 0) is 30.5 Å². The Morgan fingerprint density at radius 2 is 2.05 bits per heavy atom. The van der Waals surface area contributed by atoms with Crippen LogP contribution in [0.2, 0.25) is 0 Å². The predicted octanol–water partition coefficient (Wildman–Crippen LogP) is 0.297. The monoisotopic (exact) mass is 275 g/mol. The molecule has 0 unspecified atom stereocenters. The Bertz CT molecular complexity index is 562. The van der Waals surface area contributed by atoms with Crippen molar-refractivity contribution < 1.29 is 9.47 Å². The van der Waals surface area contributed by atoms with Crippen molar-refractivity contribution in [3.8, 4) is 11.5 Å². The van der Waals surface area contributed by atoms with Crippen LogP contribution in [0, 0.1) is 0 Å². The first kappa shape index (κ1) is 12.6. The molecule has 3 rings (SSSR count). The lowest BCUT2D eigenvalue weighted by Gasteiger charge is -2.05. The van der Waals surface area contributed by atoms with Gasteiger partial charge in [0.1, 0.15) is 0 Å². The first-order valence-corrected chi connectivity index (χ1v) is 6.50. The topological polar surface area (TPSA) is 107 Å². The van der Waals surface area contributed by atoms with Crippen LogP contribution in [0.15, 0.2) is 28.2 Å². The van der Waals surface area contributed by atoms with Gasteiger partial charge in [-0.2, -0.15) is 4.99 Å². The minimum Gasteiger partial charge on any atom is -0.454 e. The molecule has 7 heteroatoms. The quantitative estimate of drug-likeness (QED) is 0.543. The summed E-state index contributed by atoms with van der Waals surface area (Å²) in [6.45, 7) is 0.743. The van der Waals surface area contributed by atoms with Gasteiger partial charge in [-0.1, -0.05) is 6.07 Å². The predicted molar refractivity (Wildman–Crippen MR) is 75.7 cm³/mol. The van der Waals surface area contributed by atoms with E-state index in [0.29, 0.717) is 18.5 Å². The second-order valence-corrected chi connectivity index (χ2v) is 4.78. The van der Waals surface area contributed by atoms with Gasteiger partial charge in [-0.25, -0.2) is 4.99 Å². The highest BCUT2D eigenvalue weighted by molar-refractivity contribution is 5.93. The second kappa shape index (κ2) is 5.28. The van der Waals surface area contributed by atoms with E-state index in [4.69, 9.17) is 20.9 Å². The van der Waals surface area contributed by atoms with E-state index in [0.717, 1.165) is 29.9 Å². The van der Waals surface area contributed by atoms with Gasteiger partial charge >= 0.3 is 0 Å². The maximum Gasteiger partial charge on any atom is 0.231 e. The lowest BCUT2D eigenvalue weighted by atomic mass is 10.2. The molecule has 1 aromatic carbocycles. The third-order valence-electron chi connectivity index (χ3n) is 2.99. The third kappa shape index (κ3) is 3.11. The first-order chi connectivity index (χ1) is 9.70. The molecule has 20 heavy (non-hydrogen) atoms. The van der Waals surface area contributed by atoms with E-state index < -0.39 is 0 Å². The van der Waals surface area contributed by atoms with Crippen LogP contribution in [-0.2, 0) is 6.54 Å². The average Bonchev–Trinajstić information content (AvgIpc) is 3.10. The van der Waals surface area contributed by atoms with Crippen LogP contribution in [0.25, 0.3) is 0 Å². The summed E-state index contributed by atoms with van der Waals surface area (Å²) in [5, 5.41) is 3.19. The molecule has 0 saturated heterocycles. The number of nitrogens with zero attached hydrogens (tertiary/aromatic N) is 2. The number of hydrogen-bond acceptors (Lipinski definition) is 3. The molecule has 1 saturated carbocycles. The highest BCUT2D eigenvalue weighted by Crippen LogP contribution is 2.32. The zero-order chi connectivity index (χ0) is 13.9. The molecule has 0 atom stereocenters. The summed E-state index contributed by atoms with van der Waals surface area (Å²) < 4.78 is 10.6. The highest BCUT2D eigenvalue weighted by Gasteiger charge is 2.22. The standard InChI is InChI=1S/C13H17N5O2/c14-12(15)18-13(17-9-2-3-9)16-6-8-1-4-10-11(5-8)20-7-19-10/h1,4-5,9H,2-3,6-7H2,(H5,14,15,16,17,18). The van der Waals surface area contributed by atoms with Crippen molar-refractivity contribution >= 4 is 11.9 Å².